The third-order valence-corrected chi connectivity index (χ3v) is 10.7. The SMILES string of the molecule is CC/C=C\C/C=C\C/C=C\C/C=C\CCCOCC(COC(=O)CCCCCCC/C=C\CCCCCCCC)OC(=O)CCCCCCC/C=C\CCCCCCCC. The van der Waals surface area contributed by atoms with Gasteiger partial charge >= 0.3 is 11.9 Å². The largest absolute Gasteiger partial charge is 0.462 e. The molecule has 0 saturated carbocycles. The maximum absolute atomic E-state index is 12.8. The number of rotatable bonds is 46. The second-order valence-electron chi connectivity index (χ2n) is 16.7. The van der Waals surface area contributed by atoms with Crippen molar-refractivity contribution in [2.45, 2.75) is 245 Å². The maximum Gasteiger partial charge on any atom is 0.306 e. The zero-order valence-electron chi connectivity index (χ0n) is 39.7. The van der Waals surface area contributed by atoms with Crippen LogP contribution in [0.5, 0.6) is 0 Å². The predicted molar refractivity (Wildman–Crippen MR) is 260 cm³/mol. The van der Waals surface area contributed by atoms with E-state index in [1.807, 2.05) is 0 Å². The summed E-state index contributed by atoms with van der Waals surface area (Å²) in [6.07, 6.45) is 64.9. The monoisotopic (exact) mass is 837 g/mol. The Morgan fingerprint density at radius 2 is 0.750 bits per heavy atom. The molecule has 0 fully saturated rings. The molecule has 346 valence electrons. The van der Waals surface area contributed by atoms with E-state index in [9.17, 15) is 9.59 Å². The molecule has 0 radical (unpaired) electrons. The molecule has 1 unspecified atom stereocenters. The fraction of sp³-hybridized carbons (Fsp3) is 0.745. The summed E-state index contributed by atoms with van der Waals surface area (Å²) in [5, 5.41) is 0. The Hall–Kier alpha value is -2.66. The van der Waals surface area contributed by atoms with Gasteiger partial charge in [-0.15, -0.1) is 0 Å². The molecule has 0 aliphatic carbocycles. The summed E-state index contributed by atoms with van der Waals surface area (Å²) in [4.78, 5) is 25.4. The Kier molecular flexibility index (Phi) is 48.4. The van der Waals surface area contributed by atoms with Crippen molar-refractivity contribution in [3.63, 3.8) is 0 Å². The molecule has 0 aromatic rings. The number of carbonyl (C=O) groups excluding carboxylic acids is 2. The van der Waals surface area contributed by atoms with E-state index >= 15 is 0 Å². The molecule has 0 spiro atoms. The number of allylic oxidation sites excluding steroid dienone is 12. The smallest absolute Gasteiger partial charge is 0.306 e. The average Bonchev–Trinajstić information content (AvgIpc) is 3.25. The van der Waals surface area contributed by atoms with Gasteiger partial charge in [-0.25, -0.2) is 0 Å². The number of unbranched alkanes of at least 4 members (excludes halogenated alkanes) is 23. The highest BCUT2D eigenvalue weighted by Crippen LogP contribution is 2.13. The fourth-order valence-electron chi connectivity index (χ4n) is 6.91. The Morgan fingerprint density at radius 3 is 1.22 bits per heavy atom. The summed E-state index contributed by atoms with van der Waals surface area (Å²) in [7, 11) is 0. The molecule has 60 heavy (non-hydrogen) atoms. The van der Waals surface area contributed by atoms with Crippen LogP contribution >= 0.6 is 0 Å². The summed E-state index contributed by atoms with van der Waals surface area (Å²) >= 11 is 0. The molecular formula is C55H96O5. The quantitative estimate of drug-likeness (QED) is 0.0347. The third kappa shape index (κ3) is 48.0. The molecule has 1 atom stereocenters. The van der Waals surface area contributed by atoms with Crippen LogP contribution in [0, 0.1) is 0 Å². The molecule has 0 aromatic carbocycles. The van der Waals surface area contributed by atoms with Crippen molar-refractivity contribution in [2.24, 2.45) is 0 Å². The molecule has 5 nitrogen and oxygen atoms in total. The minimum atomic E-state index is -0.573. The second-order valence-corrected chi connectivity index (χ2v) is 16.7. The van der Waals surface area contributed by atoms with Crippen LogP contribution in [0.2, 0.25) is 0 Å². The first-order valence-corrected chi connectivity index (χ1v) is 25.5. The highest BCUT2D eigenvalue weighted by atomic mass is 16.6. The number of hydrogen-bond donors (Lipinski definition) is 0. The second kappa shape index (κ2) is 50.7. The van der Waals surface area contributed by atoms with E-state index in [1.165, 1.54) is 116 Å². The lowest BCUT2D eigenvalue weighted by Gasteiger charge is -2.18. The highest BCUT2D eigenvalue weighted by molar-refractivity contribution is 5.70. The van der Waals surface area contributed by atoms with Crippen LogP contribution in [-0.2, 0) is 23.8 Å². The maximum atomic E-state index is 12.8. The van der Waals surface area contributed by atoms with Gasteiger partial charge in [-0.3, -0.25) is 9.59 Å². The molecule has 0 bridgehead atoms. The standard InChI is InChI=1S/C55H96O5/c1-4-7-10-13-16-19-22-25-28-30-33-36-39-42-45-48-54(56)59-52-53(51-58-50-47-44-41-38-35-32-27-24-21-18-15-12-9-6-3)60-55(57)49-46-43-40-37-34-31-29-26-23-20-17-14-11-8-5-2/h9,12,18,21,25-29,32,38,41,53H,4-8,10-11,13-17,19-20,22-24,30-31,33-37,39-40,42-52H2,1-3H3/b12-9-,21-18-,28-25-,29-26-,32-27-,41-38-. The molecular weight excluding hydrogens is 741 g/mol. The minimum absolute atomic E-state index is 0.0545. The molecule has 0 N–H and O–H groups in total. The Morgan fingerprint density at radius 1 is 0.383 bits per heavy atom. The van der Waals surface area contributed by atoms with Crippen LogP contribution in [0.15, 0.2) is 72.9 Å². The number of carbonyl (C=O) groups is 2. The van der Waals surface area contributed by atoms with Crippen LogP contribution < -0.4 is 0 Å². The van der Waals surface area contributed by atoms with Gasteiger partial charge in [-0.2, -0.15) is 0 Å². The first-order chi connectivity index (χ1) is 29.6. The van der Waals surface area contributed by atoms with Gasteiger partial charge in [0.15, 0.2) is 6.10 Å². The lowest BCUT2D eigenvalue weighted by molar-refractivity contribution is -0.163. The minimum Gasteiger partial charge on any atom is -0.462 e. The van der Waals surface area contributed by atoms with E-state index in [4.69, 9.17) is 14.2 Å². The third-order valence-electron chi connectivity index (χ3n) is 10.7. The van der Waals surface area contributed by atoms with E-state index in [2.05, 4.69) is 93.7 Å². The lowest BCUT2D eigenvalue weighted by Crippen LogP contribution is -2.30. The summed E-state index contributed by atoms with van der Waals surface area (Å²) in [6, 6.07) is 0. The van der Waals surface area contributed by atoms with Gasteiger partial charge in [-0.1, -0.05) is 196 Å². The lowest BCUT2D eigenvalue weighted by atomic mass is 10.1. The van der Waals surface area contributed by atoms with Crippen molar-refractivity contribution in [1.82, 2.24) is 0 Å². The highest BCUT2D eigenvalue weighted by Gasteiger charge is 2.17. The first-order valence-electron chi connectivity index (χ1n) is 25.5. The van der Waals surface area contributed by atoms with Crippen molar-refractivity contribution in [3.05, 3.63) is 72.9 Å². The molecule has 5 heteroatoms. The Labute approximate surface area is 372 Å². The first kappa shape index (κ1) is 57.3. The predicted octanol–water partition coefficient (Wildman–Crippen LogP) is 17.1. The van der Waals surface area contributed by atoms with Crippen molar-refractivity contribution >= 4 is 11.9 Å². The van der Waals surface area contributed by atoms with Crippen LogP contribution in [0.25, 0.3) is 0 Å². The molecule has 0 rings (SSSR count). The molecule has 0 aliphatic heterocycles. The van der Waals surface area contributed by atoms with Crippen LogP contribution in [0.3, 0.4) is 0 Å². The van der Waals surface area contributed by atoms with E-state index in [0.717, 1.165) is 89.9 Å². The fourth-order valence-corrected chi connectivity index (χ4v) is 6.91. The van der Waals surface area contributed by atoms with E-state index in [1.54, 1.807) is 0 Å². The zero-order chi connectivity index (χ0) is 43.5. The van der Waals surface area contributed by atoms with Crippen LogP contribution in [0.1, 0.15) is 239 Å². The van der Waals surface area contributed by atoms with Crippen molar-refractivity contribution < 1.29 is 23.8 Å². The number of hydrogen-bond acceptors (Lipinski definition) is 5. The van der Waals surface area contributed by atoms with Gasteiger partial charge in [0.2, 0.25) is 0 Å². The molecule has 0 heterocycles. The van der Waals surface area contributed by atoms with Gasteiger partial charge in [0, 0.05) is 19.4 Å². The topological polar surface area (TPSA) is 61.8 Å². The number of ether oxygens (including phenoxy) is 3. The van der Waals surface area contributed by atoms with E-state index in [-0.39, 0.29) is 25.2 Å². The van der Waals surface area contributed by atoms with Gasteiger partial charge in [0.05, 0.1) is 6.61 Å². The van der Waals surface area contributed by atoms with E-state index < -0.39 is 6.10 Å². The van der Waals surface area contributed by atoms with Crippen LogP contribution in [-0.4, -0.2) is 37.9 Å². The summed E-state index contributed by atoms with van der Waals surface area (Å²) < 4.78 is 17.3. The summed E-state index contributed by atoms with van der Waals surface area (Å²) in [6.45, 7) is 7.56. The van der Waals surface area contributed by atoms with Gasteiger partial charge in [0.25, 0.3) is 0 Å². The summed E-state index contributed by atoms with van der Waals surface area (Å²) in [5.41, 5.74) is 0. The normalized spacial score (nSPS) is 12.8. The van der Waals surface area contributed by atoms with Crippen molar-refractivity contribution in [1.29, 1.82) is 0 Å². The summed E-state index contributed by atoms with van der Waals surface area (Å²) in [5.74, 6) is -0.445. The van der Waals surface area contributed by atoms with Gasteiger partial charge in [0.1, 0.15) is 6.61 Å². The average molecular weight is 837 g/mol. The van der Waals surface area contributed by atoms with Gasteiger partial charge in [-0.05, 0) is 103 Å². The van der Waals surface area contributed by atoms with Crippen LogP contribution in [0.4, 0.5) is 0 Å². The molecule has 0 aliphatic rings. The molecule has 0 aromatic heterocycles. The van der Waals surface area contributed by atoms with Crippen molar-refractivity contribution in [3.8, 4) is 0 Å². The van der Waals surface area contributed by atoms with Gasteiger partial charge < -0.3 is 14.2 Å². The van der Waals surface area contributed by atoms with Crippen molar-refractivity contribution in [2.75, 3.05) is 19.8 Å². The Bertz CT molecular complexity index is 1080. The molecule has 0 amide bonds. The number of esters is 2. The Balaban J connectivity index is 4.37. The zero-order valence-corrected chi connectivity index (χ0v) is 39.7. The van der Waals surface area contributed by atoms with E-state index in [0.29, 0.717) is 19.4 Å². The molecule has 0 saturated heterocycles.